The largest absolute Gasteiger partial charge is 0.396 e. The van der Waals surface area contributed by atoms with Gasteiger partial charge >= 0.3 is 0 Å². The summed E-state index contributed by atoms with van der Waals surface area (Å²) in [5, 5.41) is 18.8. The molecule has 0 fully saturated rings. The van der Waals surface area contributed by atoms with Crippen LogP contribution in [0.15, 0.2) is 11.6 Å². The monoisotopic (exact) mass is 226 g/mol. The van der Waals surface area contributed by atoms with Crippen molar-refractivity contribution in [3.05, 3.63) is 11.6 Å². The lowest BCUT2D eigenvalue weighted by atomic mass is 9.65. The van der Waals surface area contributed by atoms with Gasteiger partial charge in [-0.25, -0.2) is 0 Å². The van der Waals surface area contributed by atoms with E-state index < -0.39 is 0 Å². The zero-order valence-corrected chi connectivity index (χ0v) is 10.4. The molecule has 1 aliphatic rings. The van der Waals surface area contributed by atoms with E-state index >= 15 is 0 Å². The van der Waals surface area contributed by atoms with Crippen LogP contribution in [-0.4, -0.2) is 28.7 Å². The second-order valence-electron chi connectivity index (χ2n) is 5.32. The van der Waals surface area contributed by atoms with E-state index in [9.17, 15) is 15.0 Å². The third kappa shape index (κ3) is 2.92. The third-order valence-corrected chi connectivity index (χ3v) is 3.59. The van der Waals surface area contributed by atoms with E-state index in [1.54, 1.807) is 13.0 Å². The molecule has 0 saturated carbocycles. The molecule has 0 amide bonds. The second-order valence-corrected chi connectivity index (χ2v) is 5.32. The number of ketones is 1. The van der Waals surface area contributed by atoms with Crippen molar-refractivity contribution in [1.82, 2.24) is 0 Å². The highest BCUT2D eigenvalue weighted by Gasteiger charge is 2.39. The molecule has 0 aromatic heterocycles. The Kier molecular flexibility index (Phi) is 4.28. The van der Waals surface area contributed by atoms with Crippen LogP contribution in [0.2, 0.25) is 0 Å². The Morgan fingerprint density at radius 1 is 1.62 bits per heavy atom. The predicted octanol–water partition coefficient (Wildman–Crippen LogP) is 1.68. The molecule has 16 heavy (non-hydrogen) atoms. The first-order valence-corrected chi connectivity index (χ1v) is 5.89. The molecule has 0 saturated heterocycles. The fraction of sp³-hybridized carbons (Fsp3) is 0.769. The highest BCUT2D eigenvalue weighted by molar-refractivity contribution is 5.92. The van der Waals surface area contributed by atoms with Crippen LogP contribution in [0.1, 0.15) is 40.0 Å². The summed E-state index contributed by atoms with van der Waals surface area (Å²) in [5.41, 5.74) is 0.679. The van der Waals surface area contributed by atoms with Gasteiger partial charge in [0.05, 0.1) is 6.10 Å². The highest BCUT2D eigenvalue weighted by Crippen LogP contribution is 2.42. The van der Waals surface area contributed by atoms with Gasteiger partial charge in [-0.3, -0.25) is 4.79 Å². The SMILES string of the molecule is CC1=CC(=O)C[C@@](C)(CO)[C@H]1CC[C@H](C)O. The molecule has 0 aromatic carbocycles. The fourth-order valence-electron chi connectivity index (χ4n) is 2.63. The van der Waals surface area contributed by atoms with Crippen LogP contribution in [0, 0.1) is 11.3 Å². The Morgan fingerprint density at radius 3 is 2.75 bits per heavy atom. The summed E-state index contributed by atoms with van der Waals surface area (Å²) >= 11 is 0. The minimum atomic E-state index is -0.356. The van der Waals surface area contributed by atoms with E-state index in [0.717, 1.165) is 12.0 Å². The van der Waals surface area contributed by atoms with Gasteiger partial charge in [0, 0.05) is 18.4 Å². The number of hydrogen-bond donors (Lipinski definition) is 2. The Bertz CT molecular complexity index is 294. The first-order valence-electron chi connectivity index (χ1n) is 5.89. The van der Waals surface area contributed by atoms with Crippen molar-refractivity contribution in [2.45, 2.75) is 46.1 Å². The number of carbonyl (C=O) groups is 1. The smallest absolute Gasteiger partial charge is 0.156 e. The van der Waals surface area contributed by atoms with Gasteiger partial charge in [0.1, 0.15) is 0 Å². The maximum absolute atomic E-state index is 11.5. The van der Waals surface area contributed by atoms with Gasteiger partial charge in [0.25, 0.3) is 0 Å². The van der Waals surface area contributed by atoms with Crippen molar-refractivity contribution in [2.24, 2.45) is 11.3 Å². The number of aliphatic hydroxyl groups is 2. The molecule has 92 valence electrons. The number of rotatable bonds is 4. The minimum Gasteiger partial charge on any atom is -0.396 e. The summed E-state index contributed by atoms with van der Waals surface area (Å²) in [5.74, 6) is 0.298. The maximum atomic E-state index is 11.5. The maximum Gasteiger partial charge on any atom is 0.156 e. The summed E-state index contributed by atoms with van der Waals surface area (Å²) in [6.07, 6.45) is 3.30. The predicted molar refractivity (Wildman–Crippen MR) is 63.0 cm³/mol. The van der Waals surface area contributed by atoms with E-state index in [1.165, 1.54) is 0 Å². The van der Waals surface area contributed by atoms with Crippen LogP contribution < -0.4 is 0 Å². The first-order chi connectivity index (χ1) is 7.39. The summed E-state index contributed by atoms with van der Waals surface area (Å²) in [6, 6.07) is 0. The number of allylic oxidation sites excluding steroid dienone is 2. The van der Waals surface area contributed by atoms with Crippen molar-refractivity contribution in [1.29, 1.82) is 0 Å². The molecule has 0 heterocycles. The third-order valence-electron chi connectivity index (χ3n) is 3.59. The summed E-state index contributed by atoms with van der Waals surface area (Å²) in [6.45, 7) is 5.68. The lowest BCUT2D eigenvalue weighted by molar-refractivity contribution is -0.119. The molecule has 0 aliphatic heterocycles. The van der Waals surface area contributed by atoms with E-state index in [-0.39, 0.29) is 29.8 Å². The van der Waals surface area contributed by atoms with E-state index in [2.05, 4.69) is 0 Å². The van der Waals surface area contributed by atoms with E-state index in [1.807, 2.05) is 13.8 Å². The zero-order valence-electron chi connectivity index (χ0n) is 10.4. The molecule has 0 bridgehead atoms. The average molecular weight is 226 g/mol. The van der Waals surface area contributed by atoms with Gasteiger partial charge in [0.15, 0.2) is 5.78 Å². The fourth-order valence-corrected chi connectivity index (χ4v) is 2.63. The van der Waals surface area contributed by atoms with Crippen LogP contribution in [0.25, 0.3) is 0 Å². The number of hydrogen-bond acceptors (Lipinski definition) is 3. The van der Waals surface area contributed by atoms with Gasteiger partial charge in [-0.1, -0.05) is 12.5 Å². The van der Waals surface area contributed by atoms with Crippen molar-refractivity contribution in [3.63, 3.8) is 0 Å². The van der Waals surface area contributed by atoms with Gasteiger partial charge in [-0.05, 0) is 38.7 Å². The molecule has 0 spiro atoms. The minimum absolute atomic E-state index is 0.0222. The van der Waals surface area contributed by atoms with Gasteiger partial charge in [-0.2, -0.15) is 0 Å². The number of aliphatic hydroxyl groups excluding tert-OH is 2. The van der Waals surface area contributed by atoms with E-state index in [0.29, 0.717) is 12.8 Å². The van der Waals surface area contributed by atoms with Crippen LogP contribution >= 0.6 is 0 Å². The molecular formula is C13H22O3. The molecule has 0 radical (unpaired) electrons. The van der Waals surface area contributed by atoms with Gasteiger partial charge < -0.3 is 10.2 Å². The van der Waals surface area contributed by atoms with Crippen LogP contribution in [0.5, 0.6) is 0 Å². The Hall–Kier alpha value is -0.670. The average Bonchev–Trinajstić information content (AvgIpc) is 2.15. The topological polar surface area (TPSA) is 57.5 Å². The molecule has 0 unspecified atom stereocenters. The molecule has 3 atom stereocenters. The van der Waals surface area contributed by atoms with Crippen LogP contribution in [0.4, 0.5) is 0 Å². The lowest BCUT2D eigenvalue weighted by Gasteiger charge is -2.39. The van der Waals surface area contributed by atoms with Crippen LogP contribution in [-0.2, 0) is 4.79 Å². The second kappa shape index (κ2) is 5.11. The summed E-state index contributed by atoms with van der Waals surface area (Å²) < 4.78 is 0. The quantitative estimate of drug-likeness (QED) is 0.767. The standard InChI is InChI=1S/C13H22O3/c1-9-6-11(16)7-13(3,8-14)12(9)5-4-10(2)15/h6,10,12,14-15H,4-5,7-8H2,1-3H3/t10-,12-,13-/m0/s1. The van der Waals surface area contributed by atoms with Crippen LogP contribution in [0.3, 0.4) is 0 Å². The zero-order chi connectivity index (χ0) is 12.3. The molecule has 1 aliphatic carbocycles. The molecule has 2 N–H and O–H groups in total. The normalized spacial score (nSPS) is 32.4. The Morgan fingerprint density at radius 2 is 2.25 bits per heavy atom. The van der Waals surface area contributed by atoms with E-state index in [4.69, 9.17) is 0 Å². The first kappa shape index (κ1) is 13.4. The van der Waals surface area contributed by atoms with Gasteiger partial charge in [0.2, 0.25) is 0 Å². The lowest BCUT2D eigenvalue weighted by Crippen LogP contribution is -2.37. The molecule has 1 rings (SSSR count). The molecule has 3 heteroatoms. The Labute approximate surface area is 97.2 Å². The van der Waals surface area contributed by atoms with Crippen molar-refractivity contribution >= 4 is 5.78 Å². The molecule has 0 aromatic rings. The highest BCUT2D eigenvalue weighted by atomic mass is 16.3. The Balaban J connectivity index is 2.83. The van der Waals surface area contributed by atoms with Crippen molar-refractivity contribution < 1.29 is 15.0 Å². The van der Waals surface area contributed by atoms with Gasteiger partial charge in [-0.15, -0.1) is 0 Å². The molecule has 3 nitrogen and oxygen atoms in total. The van der Waals surface area contributed by atoms with Crippen molar-refractivity contribution in [3.8, 4) is 0 Å². The number of carbonyl (C=O) groups excluding carboxylic acids is 1. The van der Waals surface area contributed by atoms with Crippen molar-refractivity contribution in [2.75, 3.05) is 6.61 Å². The summed E-state index contributed by atoms with van der Waals surface area (Å²) in [4.78, 5) is 11.5. The summed E-state index contributed by atoms with van der Waals surface area (Å²) in [7, 11) is 0. The molecular weight excluding hydrogens is 204 g/mol.